The minimum Gasteiger partial charge on any atom is -0.492 e. The highest BCUT2D eigenvalue weighted by Gasteiger charge is 2.38. The molecule has 166 valence electrons. The van der Waals surface area contributed by atoms with Gasteiger partial charge in [-0.3, -0.25) is 0 Å². The van der Waals surface area contributed by atoms with Gasteiger partial charge in [-0.25, -0.2) is 0 Å². The van der Waals surface area contributed by atoms with E-state index in [9.17, 15) is 0 Å². The summed E-state index contributed by atoms with van der Waals surface area (Å²) in [5.41, 5.74) is 3.37. The highest BCUT2D eigenvalue weighted by atomic mass is 127. The third kappa shape index (κ3) is 6.65. The van der Waals surface area contributed by atoms with Gasteiger partial charge in [0.25, 0.3) is 0 Å². The molecule has 0 radical (unpaired) electrons. The first-order valence-electron chi connectivity index (χ1n) is 10.7. The van der Waals surface area contributed by atoms with Gasteiger partial charge < -0.3 is 18.9 Å². The molecule has 0 bridgehead atoms. The minimum absolute atomic E-state index is 0.224. The molecule has 0 N–H and O–H groups in total. The summed E-state index contributed by atoms with van der Waals surface area (Å²) in [5.74, 6) is 0. The summed E-state index contributed by atoms with van der Waals surface area (Å²) in [4.78, 5) is 0. The molecule has 0 saturated heterocycles. The van der Waals surface area contributed by atoms with E-state index < -0.39 is 0 Å². The van der Waals surface area contributed by atoms with Crippen LogP contribution in [0, 0.1) is 0 Å². The quantitative estimate of drug-likeness (QED) is 0.293. The summed E-state index contributed by atoms with van der Waals surface area (Å²) in [5, 5.41) is 0. The molecular formula is C27H27IO4. The van der Waals surface area contributed by atoms with Gasteiger partial charge in [0.2, 0.25) is 0 Å². The van der Waals surface area contributed by atoms with Gasteiger partial charge in [-0.05, 0) is 39.3 Å². The van der Waals surface area contributed by atoms with Crippen LogP contribution in [0.2, 0.25) is 0 Å². The molecule has 3 atom stereocenters. The third-order valence-corrected chi connectivity index (χ3v) is 6.11. The van der Waals surface area contributed by atoms with Crippen molar-refractivity contribution in [1.82, 2.24) is 0 Å². The molecule has 4 rings (SSSR count). The molecule has 0 fully saturated rings. The number of hydrogen-bond donors (Lipinski definition) is 0. The van der Waals surface area contributed by atoms with Crippen molar-refractivity contribution in [3.8, 4) is 0 Å². The summed E-state index contributed by atoms with van der Waals surface area (Å²) >= 11 is 2.28. The lowest BCUT2D eigenvalue weighted by Crippen LogP contribution is -2.47. The lowest BCUT2D eigenvalue weighted by atomic mass is 10.1. The zero-order valence-electron chi connectivity index (χ0n) is 17.8. The van der Waals surface area contributed by atoms with Crippen molar-refractivity contribution < 1.29 is 18.9 Å². The number of rotatable bonds is 10. The lowest BCUT2D eigenvalue weighted by molar-refractivity contribution is -0.148. The summed E-state index contributed by atoms with van der Waals surface area (Å²) in [6, 6.07) is 30.5. The normalized spacial score (nSPS) is 20.4. The number of halogens is 1. The molecule has 0 aromatic heterocycles. The summed E-state index contributed by atoms with van der Waals surface area (Å²) in [6.45, 7) is 1.94. The van der Waals surface area contributed by atoms with E-state index in [1.165, 1.54) is 0 Å². The molecule has 3 aromatic rings. The first-order chi connectivity index (χ1) is 15.8. The maximum atomic E-state index is 6.38. The first-order valence-corrected chi connectivity index (χ1v) is 11.8. The van der Waals surface area contributed by atoms with Crippen LogP contribution in [0.5, 0.6) is 0 Å². The zero-order valence-corrected chi connectivity index (χ0v) is 20.0. The second kappa shape index (κ2) is 12.2. The molecule has 32 heavy (non-hydrogen) atoms. The number of ether oxygens (including phenoxy) is 4. The molecule has 0 amide bonds. The maximum Gasteiger partial charge on any atom is 0.150 e. The Morgan fingerprint density at radius 1 is 0.656 bits per heavy atom. The fraction of sp³-hybridized carbons (Fsp3) is 0.259. The Kier molecular flexibility index (Phi) is 8.73. The van der Waals surface area contributed by atoms with E-state index in [1.807, 2.05) is 54.6 Å². The Balaban J connectivity index is 1.44. The molecule has 0 saturated carbocycles. The van der Waals surface area contributed by atoms with Crippen molar-refractivity contribution in [2.45, 2.75) is 38.1 Å². The molecule has 0 aliphatic carbocycles. The van der Waals surface area contributed by atoms with Crippen LogP contribution in [0.25, 0.3) is 0 Å². The van der Waals surface area contributed by atoms with Crippen LogP contribution in [0.1, 0.15) is 16.7 Å². The average Bonchev–Trinajstić information content (AvgIpc) is 2.85. The number of benzene rings is 3. The second-order valence-corrected chi connectivity index (χ2v) is 8.90. The summed E-state index contributed by atoms with van der Waals surface area (Å²) in [7, 11) is 0. The molecule has 1 aliphatic heterocycles. The van der Waals surface area contributed by atoms with E-state index in [0.29, 0.717) is 26.4 Å². The first kappa shape index (κ1) is 23.0. The highest BCUT2D eigenvalue weighted by molar-refractivity contribution is 14.1. The fourth-order valence-electron chi connectivity index (χ4n) is 3.55. The molecule has 3 aromatic carbocycles. The van der Waals surface area contributed by atoms with Gasteiger partial charge >= 0.3 is 0 Å². The largest absolute Gasteiger partial charge is 0.492 e. The predicted molar refractivity (Wildman–Crippen MR) is 133 cm³/mol. The Bertz CT molecular complexity index is 963. The van der Waals surface area contributed by atoms with E-state index in [2.05, 4.69) is 59.0 Å². The summed E-state index contributed by atoms with van der Waals surface area (Å²) < 4.78 is 25.7. The van der Waals surface area contributed by atoms with Gasteiger partial charge in [0.05, 0.1) is 36.3 Å². The molecule has 1 aliphatic rings. The van der Waals surface area contributed by atoms with E-state index in [4.69, 9.17) is 18.9 Å². The van der Waals surface area contributed by atoms with Crippen molar-refractivity contribution in [2.24, 2.45) is 0 Å². The van der Waals surface area contributed by atoms with Crippen molar-refractivity contribution in [3.63, 3.8) is 0 Å². The molecule has 1 heterocycles. The Hall–Kier alpha value is -2.19. The molecular weight excluding hydrogens is 515 g/mol. The van der Waals surface area contributed by atoms with Gasteiger partial charge in [0, 0.05) is 0 Å². The van der Waals surface area contributed by atoms with E-state index in [1.54, 1.807) is 6.26 Å². The minimum atomic E-state index is -0.286. The molecule has 4 nitrogen and oxygen atoms in total. The molecule has 5 heteroatoms. The predicted octanol–water partition coefficient (Wildman–Crippen LogP) is 6.05. The van der Waals surface area contributed by atoms with Gasteiger partial charge in [-0.15, -0.1) is 0 Å². The standard InChI is InChI=1S/C27H27IO4/c28-24-19-30-25(20-29-16-21-10-4-1-5-11-21)27(32-18-23-14-8-3-9-15-23)26(24)31-17-22-12-6-2-7-13-22/h1-15,19,25-27H,16-18,20H2. The van der Waals surface area contributed by atoms with Crippen LogP contribution in [0.4, 0.5) is 0 Å². The Labute approximate surface area is 203 Å². The van der Waals surface area contributed by atoms with Crippen LogP contribution in [-0.2, 0) is 38.8 Å². The molecule has 3 unspecified atom stereocenters. The molecule has 0 spiro atoms. The topological polar surface area (TPSA) is 36.9 Å². The SMILES string of the molecule is IC1=COC(COCc2ccccc2)C(OCc2ccccc2)C1OCc1ccccc1. The Morgan fingerprint density at radius 2 is 1.16 bits per heavy atom. The third-order valence-electron chi connectivity index (χ3n) is 5.24. The number of hydrogen-bond acceptors (Lipinski definition) is 4. The Morgan fingerprint density at radius 3 is 1.72 bits per heavy atom. The van der Waals surface area contributed by atoms with Crippen molar-refractivity contribution in [1.29, 1.82) is 0 Å². The summed E-state index contributed by atoms with van der Waals surface area (Å²) in [6.07, 6.45) is 1.00. The second-order valence-electron chi connectivity index (χ2n) is 7.66. The van der Waals surface area contributed by atoms with Crippen LogP contribution in [-0.4, -0.2) is 24.9 Å². The van der Waals surface area contributed by atoms with Crippen LogP contribution in [0.3, 0.4) is 0 Å². The average molecular weight is 542 g/mol. The van der Waals surface area contributed by atoms with Gasteiger partial charge in [0.15, 0.2) is 6.10 Å². The van der Waals surface area contributed by atoms with Crippen LogP contribution >= 0.6 is 22.6 Å². The monoisotopic (exact) mass is 542 g/mol. The smallest absolute Gasteiger partial charge is 0.150 e. The van der Waals surface area contributed by atoms with Crippen molar-refractivity contribution >= 4 is 22.6 Å². The maximum absolute atomic E-state index is 6.38. The lowest BCUT2D eigenvalue weighted by Gasteiger charge is -2.36. The van der Waals surface area contributed by atoms with Crippen LogP contribution < -0.4 is 0 Å². The van der Waals surface area contributed by atoms with Crippen LogP contribution in [0.15, 0.2) is 101 Å². The fourth-order valence-corrected chi connectivity index (χ4v) is 4.23. The zero-order chi connectivity index (χ0) is 22.0. The van der Waals surface area contributed by atoms with Gasteiger partial charge in [-0.2, -0.15) is 0 Å². The van der Waals surface area contributed by atoms with Crippen molar-refractivity contribution in [3.05, 3.63) is 118 Å². The van der Waals surface area contributed by atoms with Gasteiger partial charge in [-0.1, -0.05) is 91.0 Å². The van der Waals surface area contributed by atoms with E-state index in [0.717, 1.165) is 20.3 Å². The van der Waals surface area contributed by atoms with E-state index in [-0.39, 0.29) is 18.3 Å². The van der Waals surface area contributed by atoms with Gasteiger partial charge in [0.1, 0.15) is 12.2 Å². The van der Waals surface area contributed by atoms with Crippen molar-refractivity contribution in [2.75, 3.05) is 6.61 Å². The highest BCUT2D eigenvalue weighted by Crippen LogP contribution is 2.30. The van der Waals surface area contributed by atoms with E-state index >= 15 is 0 Å².